The third-order valence-corrected chi connectivity index (χ3v) is 1.53. The quantitative estimate of drug-likeness (QED) is 0.441. The van der Waals surface area contributed by atoms with Gasteiger partial charge in [-0.05, 0) is 0 Å². The number of carbonyl (C=O) groups excluding carboxylic acids is 3. The summed E-state index contributed by atoms with van der Waals surface area (Å²) in [5.74, 6) is -2.40. The van der Waals surface area contributed by atoms with Crippen molar-refractivity contribution < 1.29 is 24.3 Å². The van der Waals surface area contributed by atoms with Gasteiger partial charge in [-0.25, -0.2) is 9.59 Å². The van der Waals surface area contributed by atoms with Gasteiger partial charge in [0.05, 0.1) is 0 Å². The van der Waals surface area contributed by atoms with Gasteiger partial charge in [0.1, 0.15) is 0 Å². The van der Waals surface area contributed by atoms with Gasteiger partial charge >= 0.3 is 12.0 Å². The summed E-state index contributed by atoms with van der Waals surface area (Å²) in [7, 11) is 1.46. The normalized spacial score (nSPS) is 9.71. The molecular weight excluding hydrogens is 230 g/mol. The molecule has 8 nitrogen and oxygen atoms in total. The molecule has 0 aromatic carbocycles. The van der Waals surface area contributed by atoms with E-state index in [0.717, 1.165) is 0 Å². The number of carbonyl (C=O) groups is 4. The Kier molecular flexibility index (Phi) is 6.75. The number of urea groups is 1. The van der Waals surface area contributed by atoms with Crippen LogP contribution in [0, 0.1) is 0 Å². The van der Waals surface area contributed by atoms with Crippen LogP contribution in [0.15, 0.2) is 12.2 Å². The van der Waals surface area contributed by atoms with Crippen LogP contribution < -0.4 is 16.0 Å². The first-order valence-electron chi connectivity index (χ1n) is 4.66. The zero-order valence-electron chi connectivity index (χ0n) is 9.15. The van der Waals surface area contributed by atoms with Crippen molar-refractivity contribution in [2.75, 3.05) is 13.6 Å². The Labute approximate surface area is 97.1 Å². The largest absolute Gasteiger partial charge is 0.478 e. The van der Waals surface area contributed by atoms with E-state index < -0.39 is 17.9 Å². The number of hydrogen-bond acceptors (Lipinski definition) is 4. The fourth-order valence-electron chi connectivity index (χ4n) is 0.759. The number of amides is 4. The smallest absolute Gasteiger partial charge is 0.328 e. The molecular formula is C9H13N3O5. The molecule has 0 radical (unpaired) electrons. The Morgan fingerprint density at radius 2 is 1.82 bits per heavy atom. The molecule has 0 saturated heterocycles. The lowest BCUT2D eigenvalue weighted by Crippen LogP contribution is -2.40. The standard InChI is InChI=1S/C9H13N3O5/c1-10-6(13)4-5-11-9(17)12-7(14)2-3-8(15)16/h2-3H,4-5H2,1H3,(H,10,13)(H,15,16)(H2,11,12,14,17). The molecule has 0 aliphatic rings. The molecule has 0 aliphatic carbocycles. The van der Waals surface area contributed by atoms with Gasteiger partial charge in [0.15, 0.2) is 0 Å². The van der Waals surface area contributed by atoms with E-state index in [-0.39, 0.29) is 18.9 Å². The minimum Gasteiger partial charge on any atom is -0.478 e. The maximum atomic E-state index is 11.0. The third-order valence-electron chi connectivity index (χ3n) is 1.53. The summed E-state index contributed by atoms with van der Waals surface area (Å²) in [4.78, 5) is 42.7. The van der Waals surface area contributed by atoms with Crippen molar-refractivity contribution >= 4 is 23.8 Å². The average molecular weight is 243 g/mol. The summed E-state index contributed by atoms with van der Waals surface area (Å²) >= 11 is 0. The van der Waals surface area contributed by atoms with E-state index >= 15 is 0 Å². The highest BCUT2D eigenvalue weighted by Gasteiger charge is 2.05. The van der Waals surface area contributed by atoms with Gasteiger partial charge in [-0.2, -0.15) is 0 Å². The fraction of sp³-hybridized carbons (Fsp3) is 0.333. The van der Waals surface area contributed by atoms with Crippen LogP contribution in [0.4, 0.5) is 4.79 Å². The van der Waals surface area contributed by atoms with E-state index in [0.29, 0.717) is 12.2 Å². The van der Waals surface area contributed by atoms with Gasteiger partial charge < -0.3 is 15.7 Å². The second kappa shape index (κ2) is 7.85. The lowest BCUT2D eigenvalue weighted by Gasteiger charge is -2.04. The van der Waals surface area contributed by atoms with E-state index in [9.17, 15) is 19.2 Å². The predicted molar refractivity (Wildman–Crippen MR) is 57.0 cm³/mol. The van der Waals surface area contributed by atoms with Gasteiger partial charge in [0.2, 0.25) is 5.91 Å². The third kappa shape index (κ3) is 8.60. The first-order chi connectivity index (χ1) is 7.95. The summed E-state index contributed by atoms with van der Waals surface area (Å²) in [6, 6.07) is -0.797. The van der Waals surface area contributed by atoms with Crippen molar-refractivity contribution in [3.05, 3.63) is 12.2 Å². The molecule has 0 unspecified atom stereocenters. The molecule has 0 aromatic rings. The van der Waals surface area contributed by atoms with Crippen molar-refractivity contribution in [3.8, 4) is 0 Å². The minimum absolute atomic E-state index is 0.0709. The van der Waals surface area contributed by atoms with E-state index in [2.05, 4.69) is 10.6 Å². The summed E-state index contributed by atoms with van der Waals surface area (Å²) in [5.41, 5.74) is 0. The second-order valence-corrected chi connectivity index (χ2v) is 2.84. The maximum Gasteiger partial charge on any atom is 0.328 e. The molecule has 0 atom stereocenters. The first-order valence-corrected chi connectivity index (χ1v) is 4.66. The van der Waals surface area contributed by atoms with Crippen LogP contribution in [0.3, 0.4) is 0 Å². The second-order valence-electron chi connectivity index (χ2n) is 2.84. The van der Waals surface area contributed by atoms with Gasteiger partial charge in [0, 0.05) is 32.2 Å². The molecule has 4 amide bonds. The van der Waals surface area contributed by atoms with Crippen LogP contribution in [-0.4, -0.2) is 42.5 Å². The molecule has 0 saturated carbocycles. The lowest BCUT2D eigenvalue weighted by molar-refractivity contribution is -0.131. The molecule has 4 N–H and O–H groups in total. The minimum atomic E-state index is -1.29. The molecule has 0 fully saturated rings. The summed E-state index contributed by atoms with van der Waals surface area (Å²) < 4.78 is 0. The topological polar surface area (TPSA) is 125 Å². The number of imide groups is 1. The first kappa shape index (κ1) is 14.6. The SMILES string of the molecule is CNC(=O)CCNC(=O)NC(=O)C=CC(=O)O. The predicted octanol–water partition coefficient (Wildman–Crippen LogP) is -1.41. The Balaban J connectivity index is 3.83. The fourth-order valence-corrected chi connectivity index (χ4v) is 0.759. The van der Waals surface area contributed by atoms with E-state index in [1.165, 1.54) is 7.05 Å². The highest BCUT2D eigenvalue weighted by Crippen LogP contribution is 1.78. The van der Waals surface area contributed by atoms with E-state index in [1.807, 2.05) is 5.32 Å². The summed E-state index contributed by atoms with van der Waals surface area (Å²) in [6.07, 6.45) is 1.40. The average Bonchev–Trinajstić information content (AvgIpc) is 2.26. The number of carboxylic acids is 1. The van der Waals surface area contributed by atoms with Gasteiger partial charge in [-0.15, -0.1) is 0 Å². The number of carboxylic acid groups (broad SMARTS) is 1. The highest BCUT2D eigenvalue weighted by atomic mass is 16.4. The Bertz CT molecular complexity index is 351. The molecule has 17 heavy (non-hydrogen) atoms. The Morgan fingerprint density at radius 1 is 1.18 bits per heavy atom. The molecule has 0 bridgehead atoms. The number of hydrogen-bond donors (Lipinski definition) is 4. The van der Waals surface area contributed by atoms with Crippen molar-refractivity contribution in [2.45, 2.75) is 6.42 Å². The summed E-state index contributed by atoms with van der Waals surface area (Å²) in [5, 5.41) is 14.7. The van der Waals surface area contributed by atoms with Gasteiger partial charge in [-0.1, -0.05) is 0 Å². The number of nitrogens with one attached hydrogen (secondary N) is 3. The van der Waals surface area contributed by atoms with E-state index in [1.54, 1.807) is 0 Å². The number of rotatable bonds is 5. The van der Waals surface area contributed by atoms with Crippen molar-refractivity contribution in [1.29, 1.82) is 0 Å². The van der Waals surface area contributed by atoms with Crippen LogP contribution in [0.1, 0.15) is 6.42 Å². The molecule has 94 valence electrons. The molecule has 0 rings (SSSR count). The van der Waals surface area contributed by atoms with Crippen molar-refractivity contribution in [2.24, 2.45) is 0 Å². The van der Waals surface area contributed by atoms with Crippen LogP contribution in [0.5, 0.6) is 0 Å². The van der Waals surface area contributed by atoms with Crippen LogP contribution in [-0.2, 0) is 14.4 Å². The van der Waals surface area contributed by atoms with Gasteiger partial charge in [0.25, 0.3) is 5.91 Å². The van der Waals surface area contributed by atoms with Crippen LogP contribution >= 0.6 is 0 Å². The van der Waals surface area contributed by atoms with Gasteiger partial charge in [-0.3, -0.25) is 14.9 Å². The highest BCUT2D eigenvalue weighted by molar-refractivity contribution is 6.02. The molecule has 0 heterocycles. The molecule has 0 aromatic heterocycles. The van der Waals surface area contributed by atoms with Crippen molar-refractivity contribution in [1.82, 2.24) is 16.0 Å². The summed E-state index contributed by atoms with van der Waals surface area (Å²) in [6.45, 7) is 0.0709. The van der Waals surface area contributed by atoms with Crippen LogP contribution in [0.25, 0.3) is 0 Å². The monoisotopic (exact) mass is 243 g/mol. The Hall–Kier alpha value is -2.38. The van der Waals surface area contributed by atoms with Crippen LogP contribution in [0.2, 0.25) is 0 Å². The maximum absolute atomic E-state index is 11.0. The lowest BCUT2D eigenvalue weighted by atomic mass is 10.4. The van der Waals surface area contributed by atoms with E-state index in [4.69, 9.17) is 5.11 Å². The molecule has 8 heteroatoms. The molecule has 0 spiro atoms. The zero-order chi connectivity index (χ0) is 13.3. The molecule has 0 aliphatic heterocycles. The Morgan fingerprint density at radius 3 is 2.35 bits per heavy atom. The number of aliphatic carboxylic acids is 1. The van der Waals surface area contributed by atoms with Crippen molar-refractivity contribution in [3.63, 3.8) is 0 Å². The zero-order valence-corrected chi connectivity index (χ0v) is 9.15.